The Balaban J connectivity index is 1.65. The average Bonchev–Trinajstić information content (AvgIpc) is 3.40. The molecule has 0 aromatic carbocycles. The molecule has 0 spiro atoms. The van der Waals surface area contributed by atoms with Crippen LogP contribution in [0.3, 0.4) is 0 Å². The van der Waals surface area contributed by atoms with Crippen molar-refractivity contribution in [1.82, 2.24) is 14.5 Å². The fourth-order valence-electron chi connectivity index (χ4n) is 3.64. The molecule has 0 N–H and O–H groups in total. The van der Waals surface area contributed by atoms with Crippen molar-refractivity contribution in [3.8, 4) is 5.13 Å². The first kappa shape index (κ1) is 20.3. The Kier molecular flexibility index (Phi) is 6.28. The maximum Gasteiger partial charge on any atom is 0.329 e. The highest BCUT2D eigenvalue weighted by Crippen LogP contribution is 2.23. The maximum atomic E-state index is 12.6. The Labute approximate surface area is 168 Å². The summed E-state index contributed by atoms with van der Waals surface area (Å²) in [5.41, 5.74) is 2.19. The van der Waals surface area contributed by atoms with Gasteiger partial charge in [-0.2, -0.15) is 0 Å². The zero-order chi connectivity index (χ0) is 20.3. The molecule has 3 heterocycles. The lowest BCUT2D eigenvalue weighted by atomic mass is 10.1. The van der Waals surface area contributed by atoms with Gasteiger partial charge in [0.05, 0.1) is 0 Å². The first-order chi connectivity index (χ1) is 13.4. The fraction of sp³-hybridized carbons (Fsp3) is 0.500. The predicted octanol–water partition coefficient (Wildman–Crippen LogP) is 3.07. The minimum absolute atomic E-state index is 0.0275. The Morgan fingerprint density at radius 3 is 2.79 bits per heavy atom. The number of hydrogen-bond acceptors (Lipinski definition) is 6. The van der Waals surface area contributed by atoms with E-state index in [1.165, 1.54) is 11.3 Å². The molecule has 0 bridgehead atoms. The van der Waals surface area contributed by atoms with Crippen LogP contribution in [0, 0.1) is 13.8 Å². The lowest BCUT2D eigenvalue weighted by Gasteiger charge is -2.23. The van der Waals surface area contributed by atoms with Crippen LogP contribution in [-0.4, -0.2) is 51.3 Å². The van der Waals surface area contributed by atoms with Crippen molar-refractivity contribution in [1.29, 1.82) is 0 Å². The van der Waals surface area contributed by atoms with Gasteiger partial charge in [-0.15, -0.1) is 11.3 Å². The predicted molar refractivity (Wildman–Crippen MR) is 106 cm³/mol. The zero-order valence-corrected chi connectivity index (χ0v) is 17.3. The molecule has 0 saturated carbocycles. The molecule has 1 saturated heterocycles. The van der Waals surface area contributed by atoms with Gasteiger partial charge in [-0.3, -0.25) is 14.2 Å². The number of likely N-dealkylation sites (tertiary alicyclic amines) is 1. The quantitative estimate of drug-likeness (QED) is 0.524. The van der Waals surface area contributed by atoms with Gasteiger partial charge in [-0.05, 0) is 39.2 Å². The summed E-state index contributed by atoms with van der Waals surface area (Å²) in [6.45, 7) is 5.94. The molecule has 3 rings (SSSR count). The number of esters is 1. The highest BCUT2D eigenvalue weighted by Gasteiger charge is 2.35. The summed E-state index contributed by atoms with van der Waals surface area (Å²) in [6.07, 6.45) is 4.24. The van der Waals surface area contributed by atoms with Crippen molar-refractivity contribution in [3.05, 3.63) is 34.6 Å². The van der Waals surface area contributed by atoms with E-state index in [0.29, 0.717) is 24.9 Å². The second kappa shape index (κ2) is 8.68. The maximum absolute atomic E-state index is 12.6. The van der Waals surface area contributed by atoms with Gasteiger partial charge in [-0.25, -0.2) is 9.78 Å². The minimum Gasteiger partial charge on any atom is -0.456 e. The summed E-state index contributed by atoms with van der Waals surface area (Å²) in [7, 11) is 0. The molecule has 1 amide bonds. The third-order valence-electron chi connectivity index (χ3n) is 5.00. The molecule has 1 fully saturated rings. The SMILES string of the molecule is CCCC(=O)N1CCCC1C(=O)OCC(=O)c1cc(C)n(-c2nccs2)c1C. The smallest absolute Gasteiger partial charge is 0.329 e. The molecule has 2 aromatic heterocycles. The van der Waals surface area contributed by atoms with E-state index in [4.69, 9.17) is 4.74 Å². The molecular weight excluding hydrogens is 378 g/mol. The van der Waals surface area contributed by atoms with Crippen molar-refractivity contribution >= 4 is 29.0 Å². The topological polar surface area (TPSA) is 81.5 Å². The Bertz CT molecular complexity index is 872. The van der Waals surface area contributed by atoms with Crippen LogP contribution < -0.4 is 0 Å². The van der Waals surface area contributed by atoms with Gasteiger partial charge >= 0.3 is 5.97 Å². The number of carbonyl (C=O) groups excluding carboxylic acids is 3. The van der Waals surface area contributed by atoms with Crippen molar-refractivity contribution in [2.45, 2.75) is 52.5 Å². The van der Waals surface area contributed by atoms with Crippen LogP contribution >= 0.6 is 11.3 Å². The molecule has 0 aliphatic carbocycles. The number of ether oxygens (including phenoxy) is 1. The summed E-state index contributed by atoms with van der Waals surface area (Å²) < 4.78 is 7.21. The van der Waals surface area contributed by atoms with Gasteiger partial charge in [0.1, 0.15) is 6.04 Å². The second-order valence-electron chi connectivity index (χ2n) is 6.96. The second-order valence-corrected chi connectivity index (χ2v) is 7.83. The normalized spacial score (nSPS) is 16.4. The summed E-state index contributed by atoms with van der Waals surface area (Å²) in [5.74, 6) is -0.780. The molecule has 2 aromatic rings. The molecule has 28 heavy (non-hydrogen) atoms. The van der Waals surface area contributed by atoms with Crippen molar-refractivity contribution in [3.63, 3.8) is 0 Å². The highest BCUT2D eigenvalue weighted by molar-refractivity contribution is 7.12. The average molecular weight is 404 g/mol. The van der Waals surface area contributed by atoms with E-state index in [1.54, 1.807) is 17.2 Å². The number of nitrogens with zero attached hydrogens (tertiary/aromatic N) is 3. The lowest BCUT2D eigenvalue weighted by Crippen LogP contribution is -2.41. The Morgan fingerprint density at radius 2 is 2.11 bits per heavy atom. The van der Waals surface area contributed by atoms with Crippen LogP contribution in [0.15, 0.2) is 17.6 Å². The number of amides is 1. The van der Waals surface area contributed by atoms with E-state index >= 15 is 0 Å². The minimum atomic E-state index is -0.574. The number of hydrogen-bond donors (Lipinski definition) is 0. The highest BCUT2D eigenvalue weighted by atomic mass is 32.1. The molecule has 1 aliphatic rings. The van der Waals surface area contributed by atoms with Gasteiger partial charge in [0.25, 0.3) is 0 Å². The third kappa shape index (κ3) is 4.01. The molecule has 1 unspecified atom stereocenters. The molecule has 1 atom stereocenters. The van der Waals surface area contributed by atoms with Gasteiger partial charge in [-0.1, -0.05) is 6.92 Å². The van der Waals surface area contributed by atoms with Crippen molar-refractivity contribution in [2.75, 3.05) is 13.2 Å². The first-order valence-corrected chi connectivity index (χ1v) is 10.4. The molecular formula is C20H25N3O4S. The van der Waals surface area contributed by atoms with Gasteiger partial charge in [0.2, 0.25) is 11.7 Å². The molecule has 1 aliphatic heterocycles. The zero-order valence-electron chi connectivity index (χ0n) is 16.4. The summed E-state index contributed by atoms with van der Waals surface area (Å²) in [6, 6.07) is 1.22. The lowest BCUT2D eigenvalue weighted by molar-refractivity contribution is -0.152. The number of ketones is 1. The van der Waals surface area contributed by atoms with E-state index in [2.05, 4.69) is 4.98 Å². The number of aromatic nitrogens is 2. The monoisotopic (exact) mass is 403 g/mol. The van der Waals surface area contributed by atoms with Gasteiger partial charge < -0.3 is 9.64 Å². The third-order valence-corrected chi connectivity index (χ3v) is 5.75. The van der Waals surface area contributed by atoms with Crippen LogP contribution in [-0.2, 0) is 14.3 Å². The summed E-state index contributed by atoms with van der Waals surface area (Å²) in [4.78, 5) is 43.2. The number of aryl methyl sites for hydroxylation is 1. The van der Waals surface area contributed by atoms with E-state index in [-0.39, 0.29) is 18.3 Å². The van der Waals surface area contributed by atoms with Gasteiger partial charge in [0, 0.05) is 41.5 Å². The molecule has 150 valence electrons. The standard InChI is InChI=1S/C20H25N3O4S/c1-4-6-18(25)22-9-5-7-16(22)19(26)27-12-17(24)15-11-13(2)23(14(15)3)20-21-8-10-28-20/h8,10-11,16H,4-7,9,12H2,1-3H3. The number of Topliss-reactive ketones (excluding diaryl/α,β-unsaturated/α-hetero) is 1. The van der Waals surface area contributed by atoms with E-state index in [1.807, 2.05) is 30.7 Å². The van der Waals surface area contributed by atoms with Crippen LogP contribution in [0.25, 0.3) is 5.13 Å². The van der Waals surface area contributed by atoms with E-state index in [0.717, 1.165) is 29.4 Å². The largest absolute Gasteiger partial charge is 0.456 e. The molecule has 8 heteroatoms. The van der Waals surface area contributed by atoms with Crippen molar-refractivity contribution < 1.29 is 19.1 Å². The van der Waals surface area contributed by atoms with Crippen LogP contribution in [0.4, 0.5) is 0 Å². The Hall–Kier alpha value is -2.48. The first-order valence-electron chi connectivity index (χ1n) is 9.52. The molecule has 0 radical (unpaired) electrons. The number of rotatable bonds is 7. The van der Waals surface area contributed by atoms with E-state index in [9.17, 15) is 14.4 Å². The van der Waals surface area contributed by atoms with Gasteiger partial charge in [0.15, 0.2) is 11.7 Å². The number of carbonyl (C=O) groups is 3. The van der Waals surface area contributed by atoms with Crippen LogP contribution in [0.5, 0.6) is 0 Å². The molecule has 7 nitrogen and oxygen atoms in total. The fourth-order valence-corrected chi connectivity index (χ4v) is 4.40. The van der Waals surface area contributed by atoms with Crippen molar-refractivity contribution in [2.24, 2.45) is 0 Å². The summed E-state index contributed by atoms with van der Waals surface area (Å²) >= 11 is 1.49. The van der Waals surface area contributed by atoms with Crippen LogP contribution in [0.2, 0.25) is 0 Å². The summed E-state index contributed by atoms with van der Waals surface area (Å²) in [5, 5.41) is 2.67. The Morgan fingerprint density at radius 1 is 1.32 bits per heavy atom. The number of thiazole rings is 1. The van der Waals surface area contributed by atoms with E-state index < -0.39 is 12.0 Å². The van der Waals surface area contributed by atoms with Crippen LogP contribution in [0.1, 0.15) is 54.4 Å².